The van der Waals surface area contributed by atoms with E-state index in [0.29, 0.717) is 13.0 Å². The lowest BCUT2D eigenvalue weighted by Gasteiger charge is -2.30. The van der Waals surface area contributed by atoms with Gasteiger partial charge in [-0.1, -0.05) is 11.6 Å². The van der Waals surface area contributed by atoms with Crippen LogP contribution < -0.4 is 4.90 Å². The van der Waals surface area contributed by atoms with Gasteiger partial charge in [0.1, 0.15) is 16.9 Å². The Morgan fingerprint density at radius 3 is 2.61 bits per heavy atom. The average molecular weight is 476 g/mol. The fraction of sp³-hybridized carbons (Fsp3) is 0.318. The number of carbonyl (C=O) groups is 3. The standard InChI is InChI=1S/C22H19ClFN3O6/c23-17-8-3-13(10-18(17)27(31)32)21(29)25(12-16-2-1-9-33-16)19-11-20(28)26(22(19)30)15-6-4-14(24)5-7-15/h3-8,10,16,19H,1-2,9,11-12H2. The van der Waals surface area contributed by atoms with Crippen molar-refractivity contribution in [2.75, 3.05) is 18.1 Å². The van der Waals surface area contributed by atoms with Crippen molar-refractivity contribution >= 4 is 40.7 Å². The molecule has 11 heteroatoms. The SMILES string of the molecule is O=C1CC(N(CC2CCCO2)C(=O)c2ccc(Cl)c([N+](=O)[O-])c2)C(=O)N1c1ccc(F)cc1. The van der Waals surface area contributed by atoms with E-state index in [1.165, 1.54) is 29.2 Å². The fourth-order valence-corrected chi connectivity index (χ4v) is 4.22. The summed E-state index contributed by atoms with van der Waals surface area (Å²) < 4.78 is 18.9. The van der Waals surface area contributed by atoms with E-state index < -0.39 is 40.2 Å². The second-order valence-corrected chi connectivity index (χ2v) is 8.19. The van der Waals surface area contributed by atoms with Gasteiger partial charge in [-0.3, -0.25) is 24.5 Å². The van der Waals surface area contributed by atoms with E-state index in [9.17, 15) is 28.9 Å². The first-order valence-corrected chi connectivity index (χ1v) is 10.6. The topological polar surface area (TPSA) is 110 Å². The molecule has 33 heavy (non-hydrogen) atoms. The molecule has 2 saturated heterocycles. The van der Waals surface area contributed by atoms with Crippen LogP contribution in [-0.2, 0) is 14.3 Å². The summed E-state index contributed by atoms with van der Waals surface area (Å²) in [6.07, 6.45) is 0.850. The van der Waals surface area contributed by atoms with Gasteiger partial charge in [0.15, 0.2) is 0 Å². The molecule has 3 amide bonds. The van der Waals surface area contributed by atoms with E-state index in [4.69, 9.17) is 16.3 Å². The second kappa shape index (κ2) is 9.24. The van der Waals surface area contributed by atoms with Crippen LogP contribution in [0.25, 0.3) is 0 Å². The lowest BCUT2D eigenvalue weighted by Crippen LogP contribution is -2.48. The Kier molecular flexibility index (Phi) is 6.39. The van der Waals surface area contributed by atoms with Crippen LogP contribution in [0.4, 0.5) is 15.8 Å². The zero-order chi connectivity index (χ0) is 23.7. The summed E-state index contributed by atoms with van der Waals surface area (Å²) in [6, 6.07) is 7.37. The van der Waals surface area contributed by atoms with E-state index >= 15 is 0 Å². The first kappa shape index (κ1) is 22.8. The van der Waals surface area contributed by atoms with Gasteiger partial charge in [-0.05, 0) is 49.2 Å². The molecule has 2 fully saturated rings. The zero-order valence-corrected chi connectivity index (χ0v) is 18.0. The van der Waals surface area contributed by atoms with Crippen LogP contribution in [0.5, 0.6) is 0 Å². The number of benzene rings is 2. The number of imide groups is 1. The Morgan fingerprint density at radius 1 is 1.24 bits per heavy atom. The molecule has 0 spiro atoms. The van der Waals surface area contributed by atoms with Crippen LogP contribution in [0, 0.1) is 15.9 Å². The highest BCUT2D eigenvalue weighted by atomic mass is 35.5. The van der Waals surface area contributed by atoms with Gasteiger partial charge in [-0.15, -0.1) is 0 Å². The molecule has 2 aromatic carbocycles. The van der Waals surface area contributed by atoms with E-state index in [0.717, 1.165) is 29.5 Å². The Labute approximate surface area is 192 Å². The Balaban J connectivity index is 1.67. The van der Waals surface area contributed by atoms with Gasteiger partial charge in [0.05, 0.1) is 23.1 Å². The summed E-state index contributed by atoms with van der Waals surface area (Å²) in [6.45, 7) is 0.550. The van der Waals surface area contributed by atoms with Crippen LogP contribution in [-0.4, -0.2) is 52.8 Å². The molecule has 4 rings (SSSR count). The van der Waals surface area contributed by atoms with E-state index in [-0.39, 0.29) is 35.3 Å². The molecule has 172 valence electrons. The van der Waals surface area contributed by atoms with Crippen molar-refractivity contribution in [1.29, 1.82) is 0 Å². The smallest absolute Gasteiger partial charge is 0.288 e. The summed E-state index contributed by atoms with van der Waals surface area (Å²) in [5.74, 6) is -2.35. The molecular weight excluding hydrogens is 457 g/mol. The molecule has 2 unspecified atom stereocenters. The fourth-order valence-electron chi connectivity index (χ4n) is 4.03. The van der Waals surface area contributed by atoms with Crippen molar-refractivity contribution in [1.82, 2.24) is 4.90 Å². The highest BCUT2D eigenvalue weighted by molar-refractivity contribution is 6.32. The van der Waals surface area contributed by atoms with Gasteiger partial charge >= 0.3 is 0 Å². The normalized spacial score (nSPS) is 20.4. The summed E-state index contributed by atoms with van der Waals surface area (Å²) in [5, 5.41) is 11.1. The second-order valence-electron chi connectivity index (χ2n) is 7.78. The van der Waals surface area contributed by atoms with Crippen molar-refractivity contribution in [3.8, 4) is 0 Å². The molecule has 0 N–H and O–H groups in total. The Bertz CT molecular complexity index is 1120. The molecule has 2 atom stereocenters. The van der Waals surface area contributed by atoms with Crippen LogP contribution in [0.3, 0.4) is 0 Å². The number of nitro benzene ring substituents is 1. The van der Waals surface area contributed by atoms with E-state index in [2.05, 4.69) is 0 Å². The van der Waals surface area contributed by atoms with Gasteiger partial charge in [-0.25, -0.2) is 9.29 Å². The monoisotopic (exact) mass is 475 g/mol. The summed E-state index contributed by atoms with van der Waals surface area (Å²) in [4.78, 5) is 52.1. The largest absolute Gasteiger partial charge is 0.376 e. The molecule has 0 aromatic heterocycles. The molecule has 9 nitrogen and oxygen atoms in total. The van der Waals surface area contributed by atoms with Crippen molar-refractivity contribution < 1.29 is 28.4 Å². The zero-order valence-electron chi connectivity index (χ0n) is 17.3. The molecule has 0 bridgehead atoms. The summed E-state index contributed by atoms with van der Waals surface area (Å²) in [5.41, 5.74) is -0.286. The van der Waals surface area contributed by atoms with Gasteiger partial charge < -0.3 is 9.64 Å². The molecule has 2 aliphatic rings. The Morgan fingerprint density at radius 2 is 1.97 bits per heavy atom. The first-order valence-electron chi connectivity index (χ1n) is 10.2. The summed E-state index contributed by atoms with van der Waals surface area (Å²) >= 11 is 5.86. The van der Waals surface area contributed by atoms with Crippen molar-refractivity contribution in [3.63, 3.8) is 0 Å². The van der Waals surface area contributed by atoms with Crippen LogP contribution in [0.1, 0.15) is 29.6 Å². The average Bonchev–Trinajstić information content (AvgIpc) is 3.40. The number of anilines is 1. The number of ether oxygens (including phenoxy) is 1. The number of nitro groups is 1. The van der Waals surface area contributed by atoms with Gasteiger partial charge in [0.2, 0.25) is 5.91 Å². The predicted octanol–water partition coefficient (Wildman–Crippen LogP) is 3.34. The molecular formula is C22H19ClFN3O6. The minimum atomic E-state index is -1.13. The van der Waals surface area contributed by atoms with Crippen LogP contribution in [0.2, 0.25) is 5.02 Å². The molecule has 2 aliphatic heterocycles. The summed E-state index contributed by atoms with van der Waals surface area (Å²) in [7, 11) is 0. The lowest BCUT2D eigenvalue weighted by molar-refractivity contribution is -0.384. The van der Waals surface area contributed by atoms with Crippen molar-refractivity contribution in [2.24, 2.45) is 0 Å². The maximum absolute atomic E-state index is 13.4. The number of hydrogen-bond acceptors (Lipinski definition) is 6. The number of hydrogen-bond donors (Lipinski definition) is 0. The molecule has 2 aromatic rings. The minimum absolute atomic E-state index is 0.0374. The predicted molar refractivity (Wildman–Crippen MR) is 115 cm³/mol. The van der Waals surface area contributed by atoms with Crippen LogP contribution in [0.15, 0.2) is 42.5 Å². The van der Waals surface area contributed by atoms with Crippen molar-refractivity contribution in [2.45, 2.75) is 31.4 Å². The molecule has 0 saturated carbocycles. The third kappa shape index (κ3) is 4.57. The molecule has 2 heterocycles. The van der Waals surface area contributed by atoms with E-state index in [1.807, 2.05) is 0 Å². The first-order chi connectivity index (χ1) is 15.8. The molecule has 0 radical (unpaired) electrons. The molecule has 0 aliphatic carbocycles. The third-order valence-corrected chi connectivity index (χ3v) is 5.98. The van der Waals surface area contributed by atoms with E-state index in [1.54, 1.807) is 0 Å². The number of rotatable bonds is 6. The number of carbonyl (C=O) groups excluding carboxylic acids is 3. The van der Waals surface area contributed by atoms with Gasteiger partial charge in [0, 0.05) is 24.8 Å². The highest BCUT2D eigenvalue weighted by Gasteiger charge is 2.45. The van der Waals surface area contributed by atoms with Gasteiger partial charge in [0.25, 0.3) is 17.5 Å². The Hall–Kier alpha value is -3.37. The minimum Gasteiger partial charge on any atom is -0.376 e. The number of amides is 3. The van der Waals surface area contributed by atoms with Crippen LogP contribution >= 0.6 is 11.6 Å². The lowest BCUT2D eigenvalue weighted by atomic mass is 10.1. The maximum atomic E-state index is 13.4. The highest BCUT2D eigenvalue weighted by Crippen LogP contribution is 2.30. The van der Waals surface area contributed by atoms with Gasteiger partial charge in [-0.2, -0.15) is 0 Å². The number of nitrogens with zero attached hydrogens (tertiary/aromatic N) is 3. The quantitative estimate of drug-likeness (QED) is 0.360. The number of halogens is 2. The third-order valence-electron chi connectivity index (χ3n) is 5.66. The maximum Gasteiger partial charge on any atom is 0.288 e. The van der Waals surface area contributed by atoms with Crippen molar-refractivity contribution in [3.05, 3.63) is 69.0 Å².